The lowest BCUT2D eigenvalue weighted by Crippen LogP contribution is -2.45. The molecule has 5 atom stereocenters. The van der Waals surface area contributed by atoms with Crippen molar-refractivity contribution in [3.63, 3.8) is 0 Å². The van der Waals surface area contributed by atoms with Crippen LogP contribution in [-0.4, -0.2) is 218 Å². The molecule has 0 saturated heterocycles. The molecular formula is C110H155N5O15. The van der Waals surface area contributed by atoms with Gasteiger partial charge in [0.2, 0.25) is 7.16 Å². The molecule has 0 radical (unpaired) electrons. The van der Waals surface area contributed by atoms with Gasteiger partial charge < -0.3 is 49.2 Å². The molecule has 5 saturated carbocycles. The lowest BCUT2D eigenvalue weighted by molar-refractivity contribution is -0.174. The van der Waals surface area contributed by atoms with Crippen LogP contribution >= 0.6 is 0 Å². The molecule has 0 aliphatic heterocycles. The Labute approximate surface area is 865 Å². The van der Waals surface area contributed by atoms with E-state index in [0.29, 0.717) is 63.7 Å². The summed E-state index contributed by atoms with van der Waals surface area (Å²) in [6.45, 7) is -9.90. The van der Waals surface area contributed by atoms with E-state index in [1.807, 2.05) is 38.7 Å². The summed E-state index contributed by atoms with van der Waals surface area (Å²) in [6, 6.07) is 2.30. The first-order valence-electron chi connectivity index (χ1n) is 72.2. The zero-order valence-corrected chi connectivity index (χ0v) is 73.6. The fourth-order valence-corrected chi connectivity index (χ4v) is 13.7. The highest BCUT2D eigenvalue weighted by Gasteiger charge is 2.52. The molecule has 5 aromatic rings. The highest BCUT2D eigenvalue weighted by molar-refractivity contribution is 5.84. The minimum atomic E-state index is -4.45. The van der Waals surface area contributed by atoms with Crippen molar-refractivity contribution in [2.75, 3.05) is 131 Å². The predicted octanol–water partition coefficient (Wildman–Crippen LogP) is 16.7. The number of aliphatic hydroxyl groups is 5. The minimum Gasteiger partial charge on any atom is -0.450 e. The Morgan fingerprint density at radius 1 is 0.323 bits per heavy atom. The molecule has 130 heavy (non-hydrogen) atoms. The minimum absolute atomic E-state index is 0.0876. The Hall–Kier alpha value is -9.15. The van der Waals surface area contributed by atoms with Gasteiger partial charge in [0.15, 0.2) is 61.0 Å². The molecule has 0 amide bonds. The van der Waals surface area contributed by atoms with Crippen molar-refractivity contribution in [1.82, 2.24) is 24.5 Å². The van der Waals surface area contributed by atoms with Gasteiger partial charge in [-0.15, -0.1) is 0 Å². The van der Waals surface area contributed by atoms with Gasteiger partial charge >= 0.3 is 29.8 Å². The first kappa shape index (κ1) is 50.3. The van der Waals surface area contributed by atoms with Crippen molar-refractivity contribution < 1.29 is 149 Å². The second-order valence-corrected chi connectivity index (χ2v) is 29.3. The van der Waals surface area contributed by atoms with Crippen molar-refractivity contribution in [3.05, 3.63) is 179 Å². The van der Waals surface area contributed by atoms with Crippen LogP contribution in [0.1, 0.15) is 332 Å². The van der Waals surface area contributed by atoms with E-state index in [0.717, 1.165) is 92.8 Å². The number of ether oxygens (including phenoxy) is 5. The Morgan fingerprint density at radius 2 is 0.546 bits per heavy atom. The molecule has 5 N–H and O–H groups in total. The molecule has 0 heterocycles. The molecular weight excluding hydrogens is 1630 g/mol. The quantitative estimate of drug-likeness (QED) is 0.0139. The third-order valence-electron chi connectivity index (χ3n) is 21.4. The molecule has 5 fully saturated rings. The van der Waals surface area contributed by atoms with Crippen LogP contribution < -0.4 is 0 Å². The molecule has 5 aliphatic rings. The molecule has 0 spiro atoms. The van der Waals surface area contributed by atoms with Gasteiger partial charge in [-0.25, -0.2) is 24.0 Å². The van der Waals surface area contributed by atoms with Crippen LogP contribution in [0.15, 0.2) is 151 Å². The number of carbonyl (C=O) groups is 5. The Bertz CT molecular complexity index is 7060. The lowest BCUT2D eigenvalue weighted by Gasteiger charge is -2.36. The van der Waals surface area contributed by atoms with E-state index in [2.05, 4.69) is 74.3 Å². The molecule has 710 valence electrons. The number of hydrogen-bond donors (Lipinski definition) is 5. The van der Waals surface area contributed by atoms with Crippen LogP contribution in [0.4, 0.5) is 0 Å². The Kier molecular flexibility index (Phi) is 23.8. The first-order chi connectivity index (χ1) is 87.3. The molecule has 20 heteroatoms. The molecule has 0 aromatic heterocycles. The molecule has 10 rings (SSSR count). The maximum atomic E-state index is 13.9. The summed E-state index contributed by atoms with van der Waals surface area (Å²) >= 11 is 0. The van der Waals surface area contributed by atoms with Crippen LogP contribution in [0.5, 0.6) is 0 Å². The number of nitrogens with zero attached hydrogens (tertiary/aromatic N) is 5. The van der Waals surface area contributed by atoms with Gasteiger partial charge in [-0.2, -0.15) is 0 Å². The molecule has 5 aromatic carbocycles. The SMILES string of the molecule is [2H]OC(C(=O)OCC#CCN(CC([2H])([2H])[2H])CC([2H])([2H])[2H])(c1c([2H])c([2H])c([2H])c([2H])c1[2H])C1CCCCC1.[2H]OC(C(=O)OCC#CCN(CC([2H])([2H])[2H])CC([2H])([2H])[2H])(c1ccccc1)C1([2H])C([2H])([2H])C([2H])([2H])C([2H])([2H])C([2H])([2H])C1([2H])[2H].[2H]OC(C(=O)OCC#CCN(CC([2H])([2H])[2H])CC([2H])([2H])[2H])(c1ccccc1)C1CCCCC1.[2H]OC(C(=O)OCC#CCN(CC)CC)(c1c([2H])c([2H])c([2H])c([2H])c1[2H])C1([2H])C([2H])([2H])C([2H])([2H])C([2H])([2H])C([2H])([2H])C1([2H])[2H].[2H]OC(C(=O)OCC#CCN(CC)CC)(c1c([2H])c([2H])c([2H])c([2H])c1[2H])C1CCCCC1. The van der Waals surface area contributed by atoms with Crippen molar-refractivity contribution in [3.8, 4) is 59.2 Å². The fourth-order valence-electron chi connectivity index (χ4n) is 13.7. The van der Waals surface area contributed by atoms with Gasteiger partial charge in [0.05, 0.1) is 53.3 Å². The average Bonchev–Trinajstić information content (AvgIpc) is 0.643. The van der Waals surface area contributed by atoms with E-state index in [1.165, 1.54) is 23.1 Å². The van der Waals surface area contributed by atoms with Crippen LogP contribution in [0.2, 0.25) is 0 Å². The van der Waals surface area contributed by atoms with Gasteiger partial charge in [-0.3, -0.25) is 24.5 Å². The van der Waals surface area contributed by atoms with Crippen molar-refractivity contribution in [1.29, 1.82) is 7.16 Å². The van der Waals surface area contributed by atoms with Gasteiger partial charge in [-0.1, -0.05) is 375 Å². The third kappa shape index (κ3) is 33.8. The number of benzene rings is 5. The summed E-state index contributed by atoms with van der Waals surface area (Å²) in [5.41, 5.74) is -16.1. The summed E-state index contributed by atoms with van der Waals surface area (Å²) in [4.78, 5) is 74.9. The summed E-state index contributed by atoms with van der Waals surface area (Å²) in [6.07, 6.45) is -30.1. The number of hydrogen-bond acceptors (Lipinski definition) is 20. The van der Waals surface area contributed by atoms with E-state index >= 15 is 0 Å². The van der Waals surface area contributed by atoms with Crippen LogP contribution in [0.25, 0.3) is 0 Å². The van der Waals surface area contributed by atoms with Gasteiger partial charge in [0.1, 0.15) is 0 Å². The first-order valence-corrected chi connectivity index (χ1v) is 42.6. The highest BCUT2D eigenvalue weighted by atomic mass is 16.6. The zero-order valence-electron chi connectivity index (χ0n) is 134. The van der Waals surface area contributed by atoms with Crippen molar-refractivity contribution >= 4 is 29.8 Å². The molecule has 5 aliphatic carbocycles. The number of esters is 5. The van der Waals surface area contributed by atoms with Gasteiger partial charge in [0.25, 0.3) is 0 Å². The Morgan fingerprint density at radius 3 is 0.792 bits per heavy atom. The highest BCUT2D eigenvalue weighted by Crippen LogP contribution is 2.46. The standard InChI is InChI=1S/5C22H31NO3/c5*1-3-23(4-2)17-11-12-18-26-21(24)22(25,19-13-7-5-8-14-19)20-15-9-6-10-16-20/h5*5,7-8,13-14,20,25H,3-4,6,9-10,15-18H2,1-2H3/i5D,6D2,7D,8D,9D2,10D2,13D,14D,15D2,16D2,20D,25D;1D3,2D3,6D2,9D2,10D2,15D2,16D2,20D,25D;1D3,2D3,5D,7D,8D,13D,14D,25D;5D,7D,8D,13D,14D,25D;1D3,2D3,25D. The predicted molar refractivity (Wildman–Crippen MR) is 517 cm³/mol. The van der Waals surface area contributed by atoms with Crippen molar-refractivity contribution in [2.45, 2.75) is 257 Å². The van der Waals surface area contributed by atoms with E-state index in [4.69, 9.17) is 120 Å². The van der Waals surface area contributed by atoms with Gasteiger partial charge in [0, 0.05) is 84.4 Å². The maximum Gasteiger partial charge on any atom is 0.344 e. The maximum absolute atomic E-state index is 13.9. The fraction of sp³-hybridized carbons (Fsp3) is 0.591. The molecule has 20 nitrogen and oxygen atoms in total. The Balaban J connectivity index is 0.000000359. The van der Waals surface area contributed by atoms with E-state index in [-0.39, 0.29) is 44.3 Å². The van der Waals surface area contributed by atoms with E-state index in [1.54, 1.807) is 24.3 Å². The molecule has 0 bridgehead atoms. The van der Waals surface area contributed by atoms with Crippen LogP contribution in [-0.2, 0) is 75.7 Å². The third-order valence-corrected chi connectivity index (χ3v) is 21.4. The number of carbonyl (C=O) groups excluding carboxylic acids is 5. The largest absolute Gasteiger partial charge is 0.450 e. The second-order valence-electron chi connectivity index (χ2n) is 29.3. The second kappa shape index (κ2) is 61.5. The lowest BCUT2D eigenvalue weighted by atomic mass is 9.73. The smallest absolute Gasteiger partial charge is 0.344 e. The topological polar surface area (TPSA) is 249 Å². The number of rotatable bonds is 40. The normalized spacial score (nSPS) is 28.8. The molecule has 5 unspecified atom stereocenters. The van der Waals surface area contributed by atoms with Crippen LogP contribution in [0, 0.1) is 88.7 Å². The summed E-state index contributed by atoms with van der Waals surface area (Å²) in [5.74, 6) is 9.16. The zero-order chi connectivity index (χ0) is 146. The summed E-state index contributed by atoms with van der Waals surface area (Å²) < 4.78 is 505. The van der Waals surface area contributed by atoms with E-state index in [9.17, 15) is 25.3 Å². The van der Waals surface area contributed by atoms with Crippen molar-refractivity contribution in [2.24, 2.45) is 29.5 Å². The van der Waals surface area contributed by atoms with Crippen LogP contribution in [0.3, 0.4) is 0 Å². The van der Waals surface area contributed by atoms with E-state index < -0.39 is 359 Å². The average molecular weight is 1850 g/mol. The monoisotopic (exact) mass is 1850 g/mol. The van der Waals surface area contributed by atoms with Gasteiger partial charge in [-0.05, 0) is 157 Å². The summed E-state index contributed by atoms with van der Waals surface area (Å²) in [5, 5.41) is 24.3. The summed E-state index contributed by atoms with van der Waals surface area (Å²) in [7, 11) is 0.